The van der Waals surface area contributed by atoms with Crippen molar-refractivity contribution in [2.45, 2.75) is 12.5 Å². The van der Waals surface area contributed by atoms with Gasteiger partial charge >= 0.3 is 0 Å². The van der Waals surface area contributed by atoms with Crippen LogP contribution in [0.5, 0.6) is 11.5 Å². The number of benzene rings is 2. The van der Waals surface area contributed by atoms with Gasteiger partial charge in [-0.1, -0.05) is 18.2 Å². The Hall–Kier alpha value is -3.39. The number of carbonyl (C=O) groups is 2. The number of amides is 2. The highest BCUT2D eigenvalue weighted by atomic mass is 16.5. The number of hydrogen-bond donors (Lipinski definition) is 2. The minimum atomic E-state index is -0.742. The molecule has 2 N–H and O–H groups in total. The molecule has 2 amide bonds. The first-order valence-corrected chi connectivity index (χ1v) is 10.0. The molecule has 156 valence electrons. The molecule has 1 atom stereocenters. The smallest absolute Gasteiger partial charge is 0.249 e. The van der Waals surface area contributed by atoms with Gasteiger partial charge in [-0.3, -0.25) is 14.9 Å². The normalized spacial score (nSPS) is 19.6. The lowest BCUT2D eigenvalue weighted by molar-refractivity contribution is -0.125. The first-order chi connectivity index (χ1) is 14.6. The van der Waals surface area contributed by atoms with Crippen LogP contribution in [0.3, 0.4) is 0 Å². The summed E-state index contributed by atoms with van der Waals surface area (Å²) in [5, 5.41) is 5.65. The zero-order valence-corrected chi connectivity index (χ0v) is 16.9. The molecule has 1 unspecified atom stereocenters. The highest BCUT2D eigenvalue weighted by Gasteiger charge is 2.30. The number of carbonyl (C=O) groups excluding carboxylic acids is 2. The average molecular weight is 407 g/mol. The largest absolute Gasteiger partial charge is 0.457 e. The van der Waals surface area contributed by atoms with E-state index in [1.807, 2.05) is 35.2 Å². The number of aliphatic imine (C=N–C) groups is 1. The summed E-state index contributed by atoms with van der Waals surface area (Å²) < 4.78 is 5.76. The van der Waals surface area contributed by atoms with Crippen molar-refractivity contribution in [1.29, 1.82) is 0 Å². The Balaban J connectivity index is 1.38. The van der Waals surface area contributed by atoms with Gasteiger partial charge in [0.2, 0.25) is 17.8 Å². The second-order valence-electron chi connectivity index (χ2n) is 7.44. The average Bonchev–Trinajstić information content (AvgIpc) is 2.76. The molecule has 2 heterocycles. The van der Waals surface area contributed by atoms with Crippen LogP contribution in [0, 0.1) is 0 Å². The molecular formula is C22H25N5O3. The van der Waals surface area contributed by atoms with E-state index in [9.17, 15) is 9.59 Å². The van der Waals surface area contributed by atoms with Crippen molar-refractivity contribution < 1.29 is 14.3 Å². The molecular weight excluding hydrogens is 382 g/mol. The molecule has 0 saturated carbocycles. The van der Waals surface area contributed by atoms with E-state index >= 15 is 0 Å². The summed E-state index contributed by atoms with van der Waals surface area (Å²) in [4.78, 5) is 33.6. The molecule has 1 fully saturated rings. The molecule has 2 aliphatic heterocycles. The van der Waals surface area contributed by atoms with Crippen LogP contribution in [-0.4, -0.2) is 66.8 Å². The van der Waals surface area contributed by atoms with Gasteiger partial charge in [-0.25, -0.2) is 4.99 Å². The fourth-order valence-electron chi connectivity index (χ4n) is 3.36. The summed E-state index contributed by atoms with van der Waals surface area (Å²) in [6.45, 7) is 3.33. The Morgan fingerprint density at radius 2 is 1.70 bits per heavy atom. The van der Waals surface area contributed by atoms with Crippen LogP contribution in [0.25, 0.3) is 0 Å². The molecule has 0 bridgehead atoms. The lowest BCUT2D eigenvalue weighted by Gasteiger charge is -2.36. The number of rotatable bonds is 4. The number of nitrogens with zero attached hydrogens (tertiary/aromatic N) is 3. The number of guanidine groups is 1. The number of likely N-dealkylation sites (N-methyl/N-ethyl adjacent to an activating group) is 1. The second-order valence-corrected chi connectivity index (χ2v) is 7.44. The molecule has 2 aromatic rings. The topological polar surface area (TPSA) is 86.3 Å². The molecule has 4 rings (SSSR count). The van der Waals surface area contributed by atoms with Crippen molar-refractivity contribution in [1.82, 2.24) is 15.1 Å². The summed E-state index contributed by atoms with van der Waals surface area (Å²) in [6, 6.07) is 15.9. The van der Waals surface area contributed by atoms with Gasteiger partial charge in [-0.05, 0) is 43.4 Å². The van der Waals surface area contributed by atoms with Crippen molar-refractivity contribution in [3.8, 4) is 11.5 Å². The van der Waals surface area contributed by atoms with Crippen LogP contribution in [0.1, 0.15) is 6.42 Å². The van der Waals surface area contributed by atoms with Gasteiger partial charge in [0.15, 0.2) is 0 Å². The standard InChI is InChI=1S/C22H25N5O3/c1-26-11-13-27(14-12-26)22-24-19(15-20(28)25-22)21(29)23-16-7-9-18(10-8-16)30-17-5-3-2-4-6-17/h2-10,19H,11-15H2,1H3,(H,23,29)(H,24,25,28). The predicted octanol–water partition coefficient (Wildman–Crippen LogP) is 1.91. The minimum Gasteiger partial charge on any atom is -0.457 e. The molecule has 8 nitrogen and oxygen atoms in total. The van der Waals surface area contributed by atoms with Crippen molar-refractivity contribution in [3.63, 3.8) is 0 Å². The van der Waals surface area contributed by atoms with E-state index in [2.05, 4.69) is 27.6 Å². The van der Waals surface area contributed by atoms with E-state index in [1.54, 1.807) is 24.3 Å². The molecule has 0 spiro atoms. The van der Waals surface area contributed by atoms with Crippen LogP contribution in [-0.2, 0) is 9.59 Å². The van der Waals surface area contributed by atoms with Crippen molar-refractivity contribution in [2.75, 3.05) is 38.5 Å². The SMILES string of the molecule is CN1CCN(C2=NC(C(=O)Nc3ccc(Oc4ccccc4)cc3)CC(=O)N2)CC1. The van der Waals surface area contributed by atoms with Gasteiger partial charge in [0.25, 0.3) is 0 Å². The Bertz CT molecular complexity index is 922. The first-order valence-electron chi connectivity index (χ1n) is 10.0. The highest BCUT2D eigenvalue weighted by Crippen LogP contribution is 2.23. The maximum Gasteiger partial charge on any atom is 0.249 e. The van der Waals surface area contributed by atoms with Crippen molar-refractivity contribution in [3.05, 3.63) is 54.6 Å². The Morgan fingerprint density at radius 3 is 2.40 bits per heavy atom. The Labute approximate surface area is 175 Å². The molecule has 2 aliphatic rings. The fourth-order valence-corrected chi connectivity index (χ4v) is 3.36. The molecule has 2 aromatic carbocycles. The zero-order chi connectivity index (χ0) is 20.9. The van der Waals surface area contributed by atoms with E-state index in [0.717, 1.165) is 31.9 Å². The van der Waals surface area contributed by atoms with Crippen molar-refractivity contribution in [2.24, 2.45) is 4.99 Å². The molecule has 8 heteroatoms. The summed E-state index contributed by atoms with van der Waals surface area (Å²) in [5.41, 5.74) is 0.628. The second kappa shape index (κ2) is 8.96. The summed E-state index contributed by atoms with van der Waals surface area (Å²) in [7, 11) is 2.06. The number of hydrogen-bond acceptors (Lipinski definition) is 6. The first kappa shape index (κ1) is 19.9. The maximum atomic E-state index is 12.7. The number of anilines is 1. The zero-order valence-electron chi connectivity index (χ0n) is 16.9. The van der Waals surface area contributed by atoms with Crippen LogP contribution in [0.15, 0.2) is 59.6 Å². The van der Waals surface area contributed by atoms with Gasteiger partial charge in [0, 0.05) is 31.9 Å². The van der Waals surface area contributed by atoms with Gasteiger partial charge in [-0.15, -0.1) is 0 Å². The van der Waals surface area contributed by atoms with Crippen LogP contribution >= 0.6 is 0 Å². The summed E-state index contributed by atoms with van der Waals surface area (Å²) in [5.74, 6) is 1.42. The lowest BCUT2D eigenvalue weighted by atomic mass is 10.1. The van der Waals surface area contributed by atoms with Gasteiger partial charge in [0.05, 0.1) is 6.42 Å². The number of piperazine rings is 1. The van der Waals surface area contributed by atoms with E-state index in [4.69, 9.17) is 4.74 Å². The third kappa shape index (κ3) is 4.96. The highest BCUT2D eigenvalue weighted by molar-refractivity contribution is 6.06. The van der Waals surface area contributed by atoms with Gasteiger partial charge in [-0.2, -0.15) is 0 Å². The lowest BCUT2D eigenvalue weighted by Crippen LogP contribution is -2.55. The maximum absolute atomic E-state index is 12.7. The number of para-hydroxylation sites is 1. The molecule has 0 aliphatic carbocycles. The molecule has 0 radical (unpaired) electrons. The van der Waals surface area contributed by atoms with E-state index in [1.165, 1.54) is 0 Å². The van der Waals surface area contributed by atoms with Crippen LogP contribution in [0.4, 0.5) is 5.69 Å². The Morgan fingerprint density at radius 1 is 1.03 bits per heavy atom. The van der Waals surface area contributed by atoms with Gasteiger partial charge in [0.1, 0.15) is 17.5 Å². The molecule has 0 aromatic heterocycles. The quantitative estimate of drug-likeness (QED) is 0.809. The third-order valence-electron chi connectivity index (χ3n) is 5.11. The summed E-state index contributed by atoms with van der Waals surface area (Å²) in [6.07, 6.45) is 0.0400. The van der Waals surface area contributed by atoms with Crippen molar-refractivity contribution >= 4 is 23.5 Å². The van der Waals surface area contributed by atoms with Crippen LogP contribution in [0.2, 0.25) is 0 Å². The number of nitrogens with one attached hydrogen (secondary N) is 2. The van der Waals surface area contributed by atoms with E-state index in [-0.39, 0.29) is 18.2 Å². The number of ether oxygens (including phenoxy) is 1. The minimum absolute atomic E-state index is 0.0400. The predicted molar refractivity (Wildman–Crippen MR) is 115 cm³/mol. The Kier molecular flexibility index (Phi) is 5.94. The van der Waals surface area contributed by atoms with Gasteiger partial charge < -0.3 is 19.9 Å². The monoisotopic (exact) mass is 407 g/mol. The molecule has 1 saturated heterocycles. The molecule has 30 heavy (non-hydrogen) atoms. The fraction of sp³-hybridized carbons (Fsp3) is 0.318. The van der Waals surface area contributed by atoms with E-state index < -0.39 is 6.04 Å². The third-order valence-corrected chi connectivity index (χ3v) is 5.11. The van der Waals surface area contributed by atoms with E-state index in [0.29, 0.717) is 17.4 Å². The summed E-state index contributed by atoms with van der Waals surface area (Å²) >= 11 is 0. The van der Waals surface area contributed by atoms with Crippen LogP contribution < -0.4 is 15.4 Å².